The molecule has 11 nitrogen and oxygen atoms in total. The minimum absolute atomic E-state index is 0.104. The number of carbonyl (C=O) groups is 2. The van der Waals surface area contributed by atoms with Crippen LogP contribution in [0.5, 0.6) is 5.88 Å². The van der Waals surface area contributed by atoms with Gasteiger partial charge in [-0.25, -0.2) is 9.59 Å². The molecule has 2 atom stereocenters. The Morgan fingerprint density at radius 2 is 1.79 bits per heavy atom. The van der Waals surface area contributed by atoms with Gasteiger partial charge >= 0.3 is 11.4 Å². The number of nitrogens with one attached hydrogen (secondary N) is 5. The van der Waals surface area contributed by atoms with Gasteiger partial charge in [0.1, 0.15) is 11.3 Å². The summed E-state index contributed by atoms with van der Waals surface area (Å²) in [6.45, 7) is 2.06. The van der Waals surface area contributed by atoms with Crippen molar-refractivity contribution in [2.45, 2.75) is 76.2 Å². The summed E-state index contributed by atoms with van der Waals surface area (Å²) in [5, 5.41) is 2.91. The second kappa shape index (κ2) is 9.24. The number of imidazole rings is 1. The van der Waals surface area contributed by atoms with Gasteiger partial charge in [-0.15, -0.1) is 0 Å². The van der Waals surface area contributed by atoms with E-state index in [4.69, 9.17) is 4.74 Å². The summed E-state index contributed by atoms with van der Waals surface area (Å²) in [6, 6.07) is 0. The summed E-state index contributed by atoms with van der Waals surface area (Å²) in [4.78, 5) is 69.6. The first kappa shape index (κ1) is 22.8. The fourth-order valence-electron chi connectivity index (χ4n) is 5.11. The second-order valence-corrected chi connectivity index (χ2v) is 8.93. The number of ether oxygens (including phenoxy) is 1. The Balaban J connectivity index is 1.24. The van der Waals surface area contributed by atoms with E-state index in [1.54, 1.807) is 6.92 Å². The van der Waals surface area contributed by atoms with E-state index in [1.807, 2.05) is 0 Å². The molecule has 0 radical (unpaired) electrons. The Morgan fingerprint density at radius 3 is 2.55 bits per heavy atom. The lowest BCUT2D eigenvalue weighted by Crippen LogP contribution is -2.44. The van der Waals surface area contributed by atoms with Crippen LogP contribution in [0.4, 0.5) is 0 Å². The molecule has 1 aliphatic heterocycles. The lowest BCUT2D eigenvalue weighted by molar-refractivity contribution is -0.121. The molecule has 5 N–H and O–H groups in total. The molecule has 0 bridgehead atoms. The third-order valence-electron chi connectivity index (χ3n) is 6.70. The first-order valence-corrected chi connectivity index (χ1v) is 11.4. The zero-order chi connectivity index (χ0) is 23.6. The van der Waals surface area contributed by atoms with Gasteiger partial charge in [0.25, 0.3) is 5.56 Å². The summed E-state index contributed by atoms with van der Waals surface area (Å²) >= 11 is 0. The van der Waals surface area contributed by atoms with Crippen molar-refractivity contribution in [3.05, 3.63) is 48.3 Å². The number of aromatic amines is 4. The van der Waals surface area contributed by atoms with Crippen LogP contribution in [-0.2, 0) is 4.79 Å². The van der Waals surface area contributed by atoms with E-state index in [9.17, 15) is 24.0 Å². The van der Waals surface area contributed by atoms with Gasteiger partial charge < -0.3 is 20.0 Å². The van der Waals surface area contributed by atoms with Crippen LogP contribution < -0.4 is 27.0 Å². The fraction of sp³-hybridized carbons (Fsp3) is 0.591. The highest BCUT2D eigenvalue weighted by atomic mass is 16.5. The normalized spacial score (nSPS) is 21.2. The number of Topliss-reactive ketones (excluding diaryl/α,β-unsaturated/α-hetero) is 1. The number of hydrogen-bond acceptors (Lipinski definition) is 6. The predicted molar refractivity (Wildman–Crippen MR) is 119 cm³/mol. The van der Waals surface area contributed by atoms with E-state index < -0.39 is 22.5 Å². The highest BCUT2D eigenvalue weighted by molar-refractivity contribution is 5.95. The number of ketones is 1. The molecule has 1 amide bonds. The molecule has 1 fully saturated rings. The van der Waals surface area contributed by atoms with E-state index in [-0.39, 0.29) is 29.9 Å². The Morgan fingerprint density at radius 1 is 1.03 bits per heavy atom. The van der Waals surface area contributed by atoms with Crippen LogP contribution >= 0.6 is 0 Å². The summed E-state index contributed by atoms with van der Waals surface area (Å²) < 4.78 is 6.13. The maximum atomic E-state index is 12.3. The van der Waals surface area contributed by atoms with Crippen LogP contribution in [0.15, 0.2) is 14.4 Å². The number of carbonyl (C=O) groups excluding carboxylic acids is 2. The van der Waals surface area contributed by atoms with Gasteiger partial charge in [-0.3, -0.25) is 24.4 Å². The molecule has 2 aromatic heterocycles. The minimum Gasteiger partial charge on any atom is -0.471 e. The molecule has 4 rings (SSSR count). The van der Waals surface area contributed by atoms with Crippen LogP contribution in [0.1, 0.15) is 85.5 Å². The number of rotatable bonds is 9. The SMILES string of the molecule is Cc1[nH]c(=O)[nH]c1C(=O)CCCCC(=O)NCC[C@@]12CCCC[C@@H]1c1c([nH]c(=O)[nH]c1=O)O2. The molecule has 1 saturated carbocycles. The molecule has 0 unspecified atom stereocenters. The van der Waals surface area contributed by atoms with E-state index in [2.05, 4.69) is 25.3 Å². The van der Waals surface area contributed by atoms with E-state index in [0.29, 0.717) is 49.2 Å². The number of fused-ring (bicyclic) bond motifs is 3. The summed E-state index contributed by atoms with van der Waals surface area (Å²) in [6.07, 6.45) is 5.68. The number of aromatic nitrogens is 4. The quantitative estimate of drug-likeness (QED) is 0.278. The van der Waals surface area contributed by atoms with Gasteiger partial charge in [0.2, 0.25) is 11.8 Å². The van der Waals surface area contributed by atoms with E-state index in [0.717, 1.165) is 25.7 Å². The molecule has 178 valence electrons. The highest BCUT2D eigenvalue weighted by Gasteiger charge is 2.51. The molecule has 3 heterocycles. The average molecular weight is 460 g/mol. The van der Waals surface area contributed by atoms with E-state index >= 15 is 0 Å². The third-order valence-corrected chi connectivity index (χ3v) is 6.70. The van der Waals surface area contributed by atoms with Crippen LogP contribution in [0.2, 0.25) is 0 Å². The predicted octanol–water partition coefficient (Wildman–Crippen LogP) is 1.13. The molecule has 11 heteroatoms. The Hall–Kier alpha value is -3.37. The Bertz CT molecular complexity index is 1220. The van der Waals surface area contributed by atoms with Crippen molar-refractivity contribution in [1.29, 1.82) is 0 Å². The van der Waals surface area contributed by atoms with Crippen molar-refractivity contribution in [3.8, 4) is 5.88 Å². The van der Waals surface area contributed by atoms with Gasteiger partial charge in [-0.1, -0.05) is 6.42 Å². The average Bonchev–Trinajstić information content (AvgIpc) is 3.27. The van der Waals surface area contributed by atoms with Gasteiger partial charge in [-0.05, 0) is 39.0 Å². The molecule has 0 spiro atoms. The highest BCUT2D eigenvalue weighted by Crippen LogP contribution is 2.51. The Kier molecular flexibility index (Phi) is 6.39. The molecule has 2 aliphatic rings. The molecular formula is C22H29N5O6. The standard InChI is InChI=1S/C22H29N5O6/c1-12-17(25-20(31)24-12)14(28)7-2-3-8-15(29)23-11-10-22-9-5-4-6-13(22)16-18(30)26-21(32)27-19(16)33-22/h13H,2-11H2,1H3,(H,23,29)(H2,24,25,31)(H2,26,27,30,32)/t13-,22+/m1/s1. The molecule has 0 aromatic carbocycles. The van der Waals surface area contributed by atoms with E-state index in [1.165, 1.54) is 0 Å². The van der Waals surface area contributed by atoms with Crippen molar-refractivity contribution in [2.75, 3.05) is 6.54 Å². The molecule has 0 saturated heterocycles. The lowest BCUT2D eigenvalue weighted by atomic mass is 9.72. The fourth-order valence-corrected chi connectivity index (χ4v) is 5.11. The summed E-state index contributed by atoms with van der Waals surface area (Å²) in [5.74, 6) is -0.113. The second-order valence-electron chi connectivity index (χ2n) is 8.93. The summed E-state index contributed by atoms with van der Waals surface area (Å²) in [7, 11) is 0. The van der Waals surface area contributed by atoms with Crippen molar-refractivity contribution in [3.63, 3.8) is 0 Å². The smallest absolute Gasteiger partial charge is 0.328 e. The van der Waals surface area contributed by atoms with Crippen LogP contribution in [0.25, 0.3) is 0 Å². The first-order valence-electron chi connectivity index (χ1n) is 11.4. The number of hydrogen-bond donors (Lipinski definition) is 5. The lowest BCUT2D eigenvalue weighted by Gasteiger charge is -2.38. The topological polar surface area (TPSA) is 170 Å². The molecular weight excluding hydrogens is 430 g/mol. The molecule has 2 aromatic rings. The van der Waals surface area contributed by atoms with Gasteiger partial charge in [0.05, 0.1) is 5.56 Å². The molecule has 1 aliphatic carbocycles. The van der Waals surface area contributed by atoms with Gasteiger partial charge in [0, 0.05) is 37.4 Å². The zero-order valence-electron chi connectivity index (χ0n) is 18.6. The number of aryl methyl sites for hydroxylation is 1. The van der Waals surface area contributed by atoms with Crippen molar-refractivity contribution in [2.24, 2.45) is 0 Å². The van der Waals surface area contributed by atoms with Crippen LogP contribution in [0, 0.1) is 6.92 Å². The number of H-pyrrole nitrogens is 4. The maximum Gasteiger partial charge on any atom is 0.328 e. The number of unbranched alkanes of at least 4 members (excludes halogenated alkanes) is 1. The Labute approximate surface area is 188 Å². The van der Waals surface area contributed by atoms with Crippen LogP contribution in [0.3, 0.4) is 0 Å². The zero-order valence-corrected chi connectivity index (χ0v) is 18.6. The monoisotopic (exact) mass is 459 g/mol. The first-order chi connectivity index (χ1) is 15.8. The number of amides is 1. The van der Waals surface area contributed by atoms with Crippen LogP contribution in [-0.4, -0.2) is 43.8 Å². The van der Waals surface area contributed by atoms with Crippen molar-refractivity contribution < 1.29 is 14.3 Å². The molecule has 33 heavy (non-hydrogen) atoms. The largest absolute Gasteiger partial charge is 0.471 e. The third kappa shape index (κ3) is 4.71. The van der Waals surface area contributed by atoms with Crippen molar-refractivity contribution in [1.82, 2.24) is 25.3 Å². The maximum absolute atomic E-state index is 12.3. The van der Waals surface area contributed by atoms with Gasteiger partial charge in [-0.2, -0.15) is 0 Å². The van der Waals surface area contributed by atoms with Gasteiger partial charge in [0.15, 0.2) is 5.78 Å². The summed E-state index contributed by atoms with van der Waals surface area (Å²) in [5.41, 5.74) is -0.668. The van der Waals surface area contributed by atoms with Crippen molar-refractivity contribution >= 4 is 11.7 Å². The minimum atomic E-state index is -0.594.